The van der Waals surface area contributed by atoms with Gasteiger partial charge < -0.3 is 10.1 Å². The van der Waals surface area contributed by atoms with E-state index < -0.39 is 11.8 Å². The minimum atomic E-state index is -0.501. The highest BCUT2D eigenvalue weighted by Crippen LogP contribution is 2.23. The van der Waals surface area contributed by atoms with Gasteiger partial charge >= 0.3 is 0 Å². The molecule has 154 valence electrons. The average Bonchev–Trinajstić information content (AvgIpc) is 2.74. The molecule has 29 heavy (non-hydrogen) atoms. The van der Waals surface area contributed by atoms with E-state index in [1.807, 2.05) is 37.3 Å². The van der Waals surface area contributed by atoms with E-state index in [0.29, 0.717) is 28.9 Å². The van der Waals surface area contributed by atoms with Gasteiger partial charge in [-0.15, -0.1) is 0 Å². The lowest BCUT2D eigenvalue weighted by Crippen LogP contribution is -2.42. The number of amides is 3. The van der Waals surface area contributed by atoms with Gasteiger partial charge in [0.2, 0.25) is 11.8 Å². The summed E-state index contributed by atoms with van der Waals surface area (Å²) in [6.07, 6.45) is 0.787. The number of benzene rings is 2. The van der Waals surface area contributed by atoms with Gasteiger partial charge in [-0.25, -0.2) is 0 Å². The lowest BCUT2D eigenvalue weighted by atomic mass is 10.2. The minimum absolute atomic E-state index is 0.0241. The molecule has 0 radical (unpaired) electrons. The van der Waals surface area contributed by atoms with Gasteiger partial charge in [0.05, 0.1) is 12.2 Å². The molecule has 3 amide bonds. The third-order valence-corrected chi connectivity index (χ3v) is 4.37. The van der Waals surface area contributed by atoms with E-state index in [1.165, 1.54) is 0 Å². The number of carbonyl (C=O) groups excluding carboxylic acids is 3. The van der Waals surface area contributed by atoms with E-state index in [9.17, 15) is 14.4 Å². The summed E-state index contributed by atoms with van der Waals surface area (Å²) in [6, 6.07) is 14.6. The molecule has 0 spiro atoms. The number of rotatable bonds is 9. The normalized spacial score (nSPS) is 10.1. The molecule has 7 nitrogen and oxygen atoms in total. The van der Waals surface area contributed by atoms with Crippen molar-refractivity contribution in [2.75, 3.05) is 6.61 Å². The molecule has 0 aliphatic carbocycles. The lowest BCUT2D eigenvalue weighted by molar-refractivity contribution is -0.126. The third-order valence-electron chi connectivity index (χ3n) is 3.88. The predicted octanol–water partition coefficient (Wildman–Crippen LogP) is 3.10. The second-order valence-corrected chi connectivity index (χ2v) is 7.17. The fraction of sp³-hybridized carbons (Fsp3) is 0.286. The smallest absolute Gasteiger partial charge is 0.273 e. The van der Waals surface area contributed by atoms with Crippen molar-refractivity contribution in [3.63, 3.8) is 0 Å². The third kappa shape index (κ3) is 7.95. The number of hydrogen-bond acceptors (Lipinski definition) is 4. The second-order valence-electron chi connectivity index (χ2n) is 6.25. The zero-order valence-electron chi connectivity index (χ0n) is 16.2. The number of hydrazine groups is 1. The molecule has 2 rings (SSSR count). The summed E-state index contributed by atoms with van der Waals surface area (Å²) in [5.41, 5.74) is 5.96. The van der Waals surface area contributed by atoms with Gasteiger partial charge in [0.15, 0.2) is 0 Å². The summed E-state index contributed by atoms with van der Waals surface area (Å²) in [4.78, 5) is 36.2. The van der Waals surface area contributed by atoms with Crippen LogP contribution in [0.15, 0.2) is 53.0 Å². The molecule has 0 aromatic heterocycles. The minimum Gasteiger partial charge on any atom is -0.493 e. The molecular weight excluding hydrogens is 438 g/mol. The Morgan fingerprint density at radius 2 is 1.69 bits per heavy atom. The summed E-state index contributed by atoms with van der Waals surface area (Å²) in [7, 11) is 0. The first-order valence-electron chi connectivity index (χ1n) is 9.31. The van der Waals surface area contributed by atoms with E-state index in [-0.39, 0.29) is 18.7 Å². The predicted molar refractivity (Wildman–Crippen MR) is 113 cm³/mol. The highest BCUT2D eigenvalue weighted by atomic mass is 79.9. The van der Waals surface area contributed by atoms with Gasteiger partial charge in [0, 0.05) is 23.9 Å². The highest BCUT2D eigenvalue weighted by molar-refractivity contribution is 9.10. The summed E-state index contributed by atoms with van der Waals surface area (Å²) in [5.74, 6) is -0.766. The van der Waals surface area contributed by atoms with Crippen molar-refractivity contribution >= 4 is 33.7 Å². The molecule has 0 unspecified atom stereocenters. The molecule has 2 aromatic carbocycles. The molecule has 0 fully saturated rings. The summed E-state index contributed by atoms with van der Waals surface area (Å²) >= 11 is 3.32. The monoisotopic (exact) mass is 461 g/mol. The van der Waals surface area contributed by atoms with Gasteiger partial charge in [0.1, 0.15) is 5.75 Å². The van der Waals surface area contributed by atoms with Crippen LogP contribution in [0, 0.1) is 0 Å². The van der Waals surface area contributed by atoms with Crippen LogP contribution in [-0.2, 0) is 16.1 Å². The molecule has 8 heteroatoms. The van der Waals surface area contributed by atoms with Crippen molar-refractivity contribution in [2.24, 2.45) is 0 Å². The largest absolute Gasteiger partial charge is 0.493 e. The van der Waals surface area contributed by atoms with Crippen molar-refractivity contribution in [3.05, 3.63) is 64.1 Å². The zero-order chi connectivity index (χ0) is 21.1. The van der Waals surface area contributed by atoms with E-state index in [4.69, 9.17) is 4.74 Å². The summed E-state index contributed by atoms with van der Waals surface area (Å²) in [6.45, 7) is 2.85. The second kappa shape index (κ2) is 11.9. The van der Waals surface area contributed by atoms with Gasteiger partial charge in [-0.05, 0) is 30.2 Å². The van der Waals surface area contributed by atoms with Crippen LogP contribution in [0.2, 0.25) is 0 Å². The Hall–Kier alpha value is -2.87. The lowest BCUT2D eigenvalue weighted by Gasteiger charge is -2.12. The van der Waals surface area contributed by atoms with E-state index >= 15 is 0 Å². The number of nitrogens with one attached hydrogen (secondary N) is 3. The Balaban J connectivity index is 1.76. The summed E-state index contributed by atoms with van der Waals surface area (Å²) in [5, 5.41) is 2.75. The molecule has 0 bridgehead atoms. The van der Waals surface area contributed by atoms with Crippen LogP contribution in [0.4, 0.5) is 0 Å². The SMILES string of the molecule is CCCOc1ccc(Br)cc1C(=O)NNC(=O)CCC(=O)NCc1ccccc1. The van der Waals surface area contributed by atoms with E-state index in [1.54, 1.807) is 18.2 Å². The fourth-order valence-corrected chi connectivity index (χ4v) is 2.75. The Morgan fingerprint density at radius 1 is 0.966 bits per heavy atom. The average molecular weight is 462 g/mol. The van der Waals surface area contributed by atoms with E-state index in [2.05, 4.69) is 32.1 Å². The Labute approximate surface area is 178 Å². The first-order chi connectivity index (χ1) is 14.0. The molecule has 0 aliphatic heterocycles. The number of hydrogen-bond donors (Lipinski definition) is 3. The zero-order valence-corrected chi connectivity index (χ0v) is 17.8. The first kappa shape index (κ1) is 22.4. The van der Waals surface area contributed by atoms with Crippen LogP contribution < -0.4 is 20.9 Å². The summed E-state index contributed by atoms with van der Waals surface area (Å²) < 4.78 is 6.28. The van der Waals surface area contributed by atoms with Gasteiger partial charge in [0.25, 0.3) is 5.91 Å². The number of carbonyl (C=O) groups is 3. The Kier molecular flexibility index (Phi) is 9.17. The molecule has 0 saturated carbocycles. The van der Waals surface area contributed by atoms with Crippen molar-refractivity contribution in [2.45, 2.75) is 32.7 Å². The van der Waals surface area contributed by atoms with Gasteiger partial charge in [-0.2, -0.15) is 0 Å². The van der Waals surface area contributed by atoms with E-state index in [0.717, 1.165) is 12.0 Å². The fourth-order valence-electron chi connectivity index (χ4n) is 2.39. The molecule has 0 atom stereocenters. The van der Waals surface area contributed by atoms with Crippen LogP contribution in [-0.4, -0.2) is 24.3 Å². The van der Waals surface area contributed by atoms with Crippen molar-refractivity contribution in [1.82, 2.24) is 16.2 Å². The molecular formula is C21H24BrN3O4. The molecule has 2 aromatic rings. The van der Waals surface area contributed by atoms with Crippen LogP contribution in [0.25, 0.3) is 0 Å². The van der Waals surface area contributed by atoms with Crippen LogP contribution >= 0.6 is 15.9 Å². The Morgan fingerprint density at radius 3 is 2.41 bits per heavy atom. The molecule has 0 saturated heterocycles. The standard InChI is InChI=1S/C21H24BrN3O4/c1-2-12-29-18-9-8-16(22)13-17(18)21(28)25-24-20(27)11-10-19(26)23-14-15-6-4-3-5-7-15/h3-9,13H,2,10-12,14H2,1H3,(H,23,26)(H,24,27)(H,25,28). The quantitative estimate of drug-likeness (QED) is 0.499. The van der Waals surface area contributed by atoms with Crippen LogP contribution in [0.1, 0.15) is 42.1 Å². The van der Waals surface area contributed by atoms with Gasteiger partial charge in [-0.3, -0.25) is 25.2 Å². The maximum absolute atomic E-state index is 12.4. The molecule has 3 N–H and O–H groups in total. The Bertz CT molecular complexity index is 843. The number of ether oxygens (including phenoxy) is 1. The maximum atomic E-state index is 12.4. The highest BCUT2D eigenvalue weighted by Gasteiger charge is 2.14. The topological polar surface area (TPSA) is 96.5 Å². The first-order valence-corrected chi connectivity index (χ1v) is 10.1. The molecule has 0 heterocycles. The van der Waals surface area contributed by atoms with Crippen molar-refractivity contribution in [3.8, 4) is 5.75 Å². The maximum Gasteiger partial charge on any atom is 0.273 e. The van der Waals surface area contributed by atoms with Gasteiger partial charge in [-0.1, -0.05) is 53.2 Å². The van der Waals surface area contributed by atoms with Crippen LogP contribution in [0.3, 0.4) is 0 Å². The number of halogens is 1. The van der Waals surface area contributed by atoms with Crippen molar-refractivity contribution < 1.29 is 19.1 Å². The van der Waals surface area contributed by atoms with Crippen LogP contribution in [0.5, 0.6) is 5.75 Å². The molecule has 0 aliphatic rings. The van der Waals surface area contributed by atoms with Crippen molar-refractivity contribution in [1.29, 1.82) is 0 Å².